The third kappa shape index (κ3) is 3.33. The topological polar surface area (TPSA) is 47.3 Å². The average Bonchev–Trinajstić information content (AvgIpc) is 2.15. The van der Waals surface area contributed by atoms with E-state index < -0.39 is 13.0 Å². The zero-order valence-corrected chi connectivity index (χ0v) is 7.91. The van der Waals surface area contributed by atoms with Gasteiger partial charge in [-0.25, -0.2) is 8.78 Å². The molecule has 0 aromatic carbocycles. The molecule has 1 heterocycles. The first-order chi connectivity index (χ1) is 6.59. The molecular formula is C9H14F2N2O. The Balaban J connectivity index is 2.35. The van der Waals surface area contributed by atoms with Crippen LogP contribution in [0, 0.1) is 0 Å². The van der Waals surface area contributed by atoms with Crippen molar-refractivity contribution in [2.45, 2.75) is 25.4 Å². The van der Waals surface area contributed by atoms with Crippen molar-refractivity contribution in [2.24, 2.45) is 5.73 Å². The predicted molar refractivity (Wildman–Crippen MR) is 49.8 cm³/mol. The zero-order valence-electron chi connectivity index (χ0n) is 7.91. The lowest BCUT2D eigenvalue weighted by Crippen LogP contribution is -2.40. The standard InChI is InChI=1S/C9H14F2N2O/c1-6(12)8-3-2-7(4-13-8)14-5-9(10)11/h2-4,6,8-9,13H,5,12H2,1H3/t6-,8?/m0/s1. The van der Waals surface area contributed by atoms with Crippen LogP contribution in [0.4, 0.5) is 8.78 Å². The maximum absolute atomic E-state index is 11.8. The van der Waals surface area contributed by atoms with Gasteiger partial charge in [-0.15, -0.1) is 0 Å². The monoisotopic (exact) mass is 204 g/mol. The summed E-state index contributed by atoms with van der Waals surface area (Å²) >= 11 is 0. The van der Waals surface area contributed by atoms with Crippen LogP contribution in [-0.4, -0.2) is 25.1 Å². The smallest absolute Gasteiger partial charge is 0.272 e. The zero-order chi connectivity index (χ0) is 10.6. The Morgan fingerprint density at radius 2 is 2.36 bits per heavy atom. The molecule has 0 saturated heterocycles. The Bertz CT molecular complexity index is 239. The van der Waals surface area contributed by atoms with Crippen molar-refractivity contribution in [1.29, 1.82) is 0 Å². The molecule has 1 unspecified atom stereocenters. The number of rotatable bonds is 4. The van der Waals surface area contributed by atoms with Gasteiger partial charge in [-0.3, -0.25) is 0 Å². The van der Waals surface area contributed by atoms with E-state index in [-0.39, 0.29) is 12.1 Å². The van der Waals surface area contributed by atoms with Crippen LogP contribution in [0.1, 0.15) is 6.92 Å². The van der Waals surface area contributed by atoms with E-state index in [1.807, 2.05) is 6.92 Å². The molecular weight excluding hydrogens is 190 g/mol. The van der Waals surface area contributed by atoms with Crippen LogP contribution in [0.3, 0.4) is 0 Å². The molecule has 0 aliphatic carbocycles. The summed E-state index contributed by atoms with van der Waals surface area (Å²) in [6.45, 7) is 1.28. The van der Waals surface area contributed by atoms with Gasteiger partial charge in [-0.2, -0.15) is 0 Å². The van der Waals surface area contributed by atoms with Crippen LogP contribution < -0.4 is 11.1 Å². The molecule has 0 aromatic heterocycles. The van der Waals surface area contributed by atoms with E-state index in [2.05, 4.69) is 5.32 Å². The van der Waals surface area contributed by atoms with Crippen LogP contribution >= 0.6 is 0 Å². The molecule has 0 saturated carbocycles. The second-order valence-electron chi connectivity index (χ2n) is 3.16. The summed E-state index contributed by atoms with van der Waals surface area (Å²) in [5.74, 6) is 0.405. The summed E-state index contributed by atoms with van der Waals surface area (Å²) in [5.41, 5.74) is 5.63. The highest BCUT2D eigenvalue weighted by molar-refractivity contribution is 5.20. The summed E-state index contributed by atoms with van der Waals surface area (Å²) in [4.78, 5) is 0. The number of nitrogens with two attached hydrogens (primary N) is 1. The Hall–Kier alpha value is -1.10. The van der Waals surface area contributed by atoms with E-state index in [9.17, 15) is 8.78 Å². The van der Waals surface area contributed by atoms with Crippen molar-refractivity contribution < 1.29 is 13.5 Å². The summed E-state index contributed by atoms with van der Waals surface area (Å²) in [6, 6.07) is 0.00745. The fourth-order valence-corrected chi connectivity index (χ4v) is 1.06. The van der Waals surface area contributed by atoms with E-state index in [0.717, 1.165) is 0 Å². The lowest BCUT2D eigenvalue weighted by molar-refractivity contribution is 0.0516. The number of alkyl halides is 2. The molecule has 0 aromatic rings. The van der Waals surface area contributed by atoms with Gasteiger partial charge >= 0.3 is 0 Å². The molecule has 2 atom stereocenters. The molecule has 0 amide bonds. The fraction of sp³-hybridized carbons (Fsp3) is 0.556. The predicted octanol–water partition coefficient (Wildman–Crippen LogP) is 0.985. The van der Waals surface area contributed by atoms with Gasteiger partial charge in [0, 0.05) is 12.2 Å². The second kappa shape index (κ2) is 4.95. The molecule has 1 aliphatic heterocycles. The SMILES string of the molecule is C[C@H](N)C1C=CC(OCC(F)F)=CN1. The van der Waals surface area contributed by atoms with Crippen molar-refractivity contribution in [3.05, 3.63) is 24.1 Å². The van der Waals surface area contributed by atoms with Crippen LogP contribution in [0.25, 0.3) is 0 Å². The van der Waals surface area contributed by atoms with Gasteiger partial charge in [0.2, 0.25) is 0 Å². The Morgan fingerprint density at radius 3 is 2.79 bits per heavy atom. The van der Waals surface area contributed by atoms with Crippen LogP contribution in [0.2, 0.25) is 0 Å². The van der Waals surface area contributed by atoms with Crippen LogP contribution in [0.5, 0.6) is 0 Å². The number of nitrogens with one attached hydrogen (secondary N) is 1. The molecule has 1 aliphatic rings. The largest absolute Gasteiger partial charge is 0.486 e. The first kappa shape index (κ1) is 11.0. The molecule has 1 rings (SSSR count). The minimum atomic E-state index is -2.45. The highest BCUT2D eigenvalue weighted by atomic mass is 19.3. The van der Waals surface area contributed by atoms with Crippen molar-refractivity contribution in [3.8, 4) is 0 Å². The van der Waals surface area contributed by atoms with E-state index in [1.54, 1.807) is 18.4 Å². The third-order valence-corrected chi connectivity index (χ3v) is 1.83. The summed E-state index contributed by atoms with van der Waals surface area (Å²) in [7, 11) is 0. The molecule has 14 heavy (non-hydrogen) atoms. The summed E-state index contributed by atoms with van der Waals surface area (Å²) in [6.07, 6.45) is 2.55. The Labute approximate surface area is 81.6 Å². The van der Waals surface area contributed by atoms with Gasteiger partial charge in [0.15, 0.2) is 0 Å². The van der Waals surface area contributed by atoms with E-state index in [0.29, 0.717) is 5.76 Å². The first-order valence-electron chi connectivity index (χ1n) is 4.40. The quantitative estimate of drug-likeness (QED) is 0.717. The van der Waals surface area contributed by atoms with Crippen molar-refractivity contribution in [2.75, 3.05) is 6.61 Å². The summed E-state index contributed by atoms with van der Waals surface area (Å²) < 4.78 is 28.3. The van der Waals surface area contributed by atoms with E-state index in [1.165, 1.54) is 0 Å². The Kier molecular flexibility index (Phi) is 3.88. The normalized spacial score (nSPS) is 22.9. The number of dihydropyridines is 1. The molecule has 3 N–H and O–H groups in total. The van der Waals surface area contributed by atoms with Crippen LogP contribution in [0.15, 0.2) is 24.1 Å². The molecule has 5 heteroatoms. The van der Waals surface area contributed by atoms with Crippen molar-refractivity contribution in [1.82, 2.24) is 5.32 Å². The minimum Gasteiger partial charge on any atom is -0.486 e. The summed E-state index contributed by atoms with van der Waals surface area (Å²) in [5, 5.41) is 2.95. The molecule has 0 fully saturated rings. The van der Waals surface area contributed by atoms with Gasteiger partial charge in [-0.05, 0) is 13.0 Å². The maximum Gasteiger partial charge on any atom is 0.272 e. The number of ether oxygens (including phenoxy) is 1. The van der Waals surface area contributed by atoms with Crippen molar-refractivity contribution >= 4 is 0 Å². The van der Waals surface area contributed by atoms with Gasteiger partial charge in [0.05, 0.1) is 6.04 Å². The molecule has 3 nitrogen and oxygen atoms in total. The third-order valence-electron chi connectivity index (χ3n) is 1.83. The number of hydrogen-bond acceptors (Lipinski definition) is 3. The highest BCUT2D eigenvalue weighted by Gasteiger charge is 2.12. The fourth-order valence-electron chi connectivity index (χ4n) is 1.06. The molecule has 0 radical (unpaired) electrons. The van der Waals surface area contributed by atoms with Gasteiger partial charge < -0.3 is 15.8 Å². The maximum atomic E-state index is 11.8. The van der Waals surface area contributed by atoms with Crippen LogP contribution in [-0.2, 0) is 4.74 Å². The van der Waals surface area contributed by atoms with Crippen molar-refractivity contribution in [3.63, 3.8) is 0 Å². The second-order valence-corrected chi connectivity index (χ2v) is 3.16. The first-order valence-corrected chi connectivity index (χ1v) is 4.40. The van der Waals surface area contributed by atoms with E-state index >= 15 is 0 Å². The number of halogens is 2. The lowest BCUT2D eigenvalue weighted by Gasteiger charge is -2.21. The highest BCUT2D eigenvalue weighted by Crippen LogP contribution is 2.08. The average molecular weight is 204 g/mol. The molecule has 0 bridgehead atoms. The lowest BCUT2D eigenvalue weighted by atomic mass is 10.1. The number of allylic oxidation sites excluding steroid dienone is 1. The van der Waals surface area contributed by atoms with E-state index in [4.69, 9.17) is 10.5 Å². The minimum absolute atomic E-state index is 0.0286. The van der Waals surface area contributed by atoms with Gasteiger partial charge in [0.25, 0.3) is 6.43 Å². The Morgan fingerprint density at radius 1 is 1.64 bits per heavy atom. The van der Waals surface area contributed by atoms with Gasteiger partial charge in [-0.1, -0.05) is 6.08 Å². The molecule has 0 spiro atoms. The molecule has 80 valence electrons. The van der Waals surface area contributed by atoms with Gasteiger partial charge in [0.1, 0.15) is 12.4 Å². The number of hydrogen-bond donors (Lipinski definition) is 2.